The van der Waals surface area contributed by atoms with Crippen molar-refractivity contribution in [1.29, 1.82) is 0 Å². The molecule has 1 aromatic carbocycles. The van der Waals surface area contributed by atoms with Gasteiger partial charge in [0.15, 0.2) is 66.9 Å². The maximum atomic E-state index is 12.2. The van der Waals surface area contributed by atoms with Crippen molar-refractivity contribution in [1.82, 2.24) is 19.1 Å². The summed E-state index contributed by atoms with van der Waals surface area (Å²) in [6.45, 7) is 49.6. The minimum absolute atomic E-state index is 0.0186. The van der Waals surface area contributed by atoms with Gasteiger partial charge in [-0.1, -0.05) is 117 Å². The van der Waals surface area contributed by atoms with Gasteiger partial charge in [0, 0.05) is 73.5 Å². The predicted octanol–water partition coefficient (Wildman–Crippen LogP) is 5.94. The third-order valence-corrected chi connectivity index (χ3v) is 23.9. The number of benzene rings is 1. The molecule has 0 saturated carbocycles. The zero-order valence-electron chi connectivity index (χ0n) is 73.6. The third kappa shape index (κ3) is 22.1. The summed E-state index contributed by atoms with van der Waals surface area (Å²) in [5.74, 6) is -4.18. The van der Waals surface area contributed by atoms with E-state index in [0.29, 0.717) is 25.9 Å². The highest BCUT2D eigenvalue weighted by molar-refractivity contribution is 5.67. The van der Waals surface area contributed by atoms with Crippen molar-refractivity contribution in [3.63, 3.8) is 0 Å². The number of carbonyl (C=O) groups excluding carboxylic acids is 2. The molecule has 14 rings (SSSR count). The van der Waals surface area contributed by atoms with Gasteiger partial charge >= 0.3 is 23.3 Å². The van der Waals surface area contributed by atoms with E-state index in [9.17, 15) is 68.9 Å². The second kappa shape index (κ2) is 40.4. The van der Waals surface area contributed by atoms with Crippen LogP contribution in [0.3, 0.4) is 0 Å². The van der Waals surface area contributed by atoms with Gasteiger partial charge < -0.3 is 121 Å². The summed E-state index contributed by atoms with van der Waals surface area (Å²) in [6.07, 6.45) is -2.01. The van der Waals surface area contributed by atoms with Crippen LogP contribution in [0, 0.1) is 35.5 Å². The van der Waals surface area contributed by atoms with E-state index in [1.165, 1.54) is 38.4 Å². The van der Waals surface area contributed by atoms with Crippen molar-refractivity contribution in [3.05, 3.63) is 153 Å². The van der Waals surface area contributed by atoms with Crippen LogP contribution >= 0.6 is 0 Å². The smallest absolute Gasteiger partial charge is 0.330 e. The van der Waals surface area contributed by atoms with E-state index in [1.54, 1.807) is 39.0 Å². The lowest BCUT2D eigenvalue weighted by atomic mass is 9.73. The zero-order valence-corrected chi connectivity index (χ0v) is 72.6. The molecule has 0 radical (unpaired) electrons. The number of H-pyrrole nitrogens is 2. The molecule has 0 amide bonds. The number of esters is 2. The van der Waals surface area contributed by atoms with Gasteiger partial charge in [-0.05, 0) is 80.6 Å². The number of halogens is 1. The van der Waals surface area contributed by atoms with Crippen molar-refractivity contribution in [2.75, 3.05) is 27.0 Å². The second-order valence-corrected chi connectivity index (χ2v) is 33.9. The molecule has 35 nitrogen and oxygen atoms in total. The number of hydrogen-bond donors (Lipinski definition) is 9. The Hall–Kier alpha value is -6.51. The maximum absolute atomic E-state index is 12.2. The van der Waals surface area contributed by atoms with E-state index >= 15 is 0 Å². The molecule has 11 fully saturated rings. The first-order valence-electron chi connectivity index (χ1n) is 41.6. The first kappa shape index (κ1) is 98.3. The first-order chi connectivity index (χ1) is 57.0. The summed E-state index contributed by atoms with van der Waals surface area (Å²) in [7, 11) is -1.00. The van der Waals surface area contributed by atoms with E-state index in [1.807, 2.05) is 127 Å². The van der Waals surface area contributed by atoms with Gasteiger partial charge in [-0.15, -0.1) is 26.3 Å². The summed E-state index contributed by atoms with van der Waals surface area (Å²) in [6, 6.07) is 11.8. The predicted molar refractivity (Wildman–Crippen MR) is 430 cm³/mol. The number of aromatic nitrogens is 4. The maximum Gasteiger partial charge on any atom is 0.330 e. The van der Waals surface area contributed by atoms with Crippen molar-refractivity contribution < 1.29 is 136 Å². The van der Waals surface area contributed by atoms with Gasteiger partial charge in [-0.25, -0.2) is 9.59 Å². The molecule has 31 atom stereocenters. The van der Waals surface area contributed by atoms with Crippen molar-refractivity contribution in [2.45, 2.75) is 326 Å². The van der Waals surface area contributed by atoms with Crippen LogP contribution in [0.2, 0.25) is 0 Å². The second-order valence-electron chi connectivity index (χ2n) is 33.9. The van der Waals surface area contributed by atoms with Gasteiger partial charge in [0.05, 0.1) is 58.4 Å². The van der Waals surface area contributed by atoms with Gasteiger partial charge in [0.25, 0.3) is 11.1 Å². The lowest BCUT2D eigenvalue weighted by Crippen LogP contribution is -2.64. The van der Waals surface area contributed by atoms with Crippen LogP contribution in [0.15, 0.2) is 125 Å². The number of hydrogen-bond acceptors (Lipinski definition) is 31. The van der Waals surface area contributed by atoms with Gasteiger partial charge in [-0.3, -0.25) is 42.7 Å². The number of alkyl halides is 1. The topological polar surface area (TPSA) is 452 Å². The number of carbonyl (C=O) groups is 2. The number of fused-ring (bicyclic) bond motifs is 4. The van der Waals surface area contributed by atoms with Crippen molar-refractivity contribution in [3.8, 4) is 0 Å². The third-order valence-electron chi connectivity index (χ3n) is 23.9. The summed E-state index contributed by atoms with van der Waals surface area (Å²) >= 11 is 0. The molecule has 11 saturated heterocycles. The summed E-state index contributed by atoms with van der Waals surface area (Å²) in [4.78, 5) is 73.2. The number of aliphatic hydroxyl groups excluding tert-OH is 6. The molecular formula is C85H129FN4O31. The molecule has 3 aromatic rings. The van der Waals surface area contributed by atoms with Gasteiger partial charge in [-0.2, -0.15) is 0 Å². The van der Waals surface area contributed by atoms with Crippen LogP contribution in [-0.4, -0.2) is 250 Å². The summed E-state index contributed by atoms with van der Waals surface area (Å²) in [5.41, 5.74) is -5.81. The molecule has 2 aromatic heterocycles. The monoisotopic (exact) mass is 1720 g/mol. The van der Waals surface area contributed by atoms with E-state index in [4.69, 9.17) is 86.6 Å². The fraction of sp³-hybridized carbons (Fsp3) is 0.718. The molecular weight excluding hydrogens is 1590 g/mol. The molecule has 0 aliphatic carbocycles. The molecule has 0 spiro atoms. The number of aromatic amines is 2. The van der Waals surface area contributed by atoms with Crippen LogP contribution in [0.25, 0.3) is 0 Å². The Morgan fingerprint density at radius 1 is 0.620 bits per heavy atom. The Labute approximate surface area is 705 Å². The molecule has 13 heterocycles. The fourth-order valence-corrected chi connectivity index (χ4v) is 16.8. The van der Waals surface area contributed by atoms with Crippen molar-refractivity contribution in [2.24, 2.45) is 35.5 Å². The van der Waals surface area contributed by atoms with Gasteiger partial charge in [0.1, 0.15) is 71.7 Å². The SMILES string of the molecule is C=C[C@@](O)(CC)[C@@H]1O[C@@H]2OC(C)(C)O[C@@H]2[C@H]1C.C=C[C@@]12CO[C@@H](c3ccccc3)O[C@H]1[C@H](C)[C@@H](O)[C@H](n1ccc(=O)[nH]c1=O)O2.C=C[C@]1(CC)O[C@@H](OC(C)=O)[C@H](OC(C)=O)[C@@H](C)[C@@H]1C.C=C[C@]1(CO)O[C@@H](n2ccc(=O)[nH]c2=O)[C@H](O)[C@@H](C)[C@@H]1O.CC1(C)O[C@H]2O[C@@H]([C@@H]3COC(C)(C)O3)[C@H](O)[C@H]2O1.CC[C@H](O)[C@@H]1O[C@@H]2OC(C)(C)O[C@@H]2[C@H]1C.[2H]CF. The lowest BCUT2D eigenvalue weighted by Gasteiger charge is -2.53. The molecule has 682 valence electrons. The van der Waals surface area contributed by atoms with Crippen LogP contribution in [-0.2, 0) is 94.9 Å². The average molecular weight is 1720 g/mol. The number of nitrogens with one attached hydrogen (secondary N) is 2. The Morgan fingerprint density at radius 3 is 1.58 bits per heavy atom. The molecule has 36 heteroatoms. The molecule has 121 heavy (non-hydrogen) atoms. The van der Waals surface area contributed by atoms with Crippen molar-refractivity contribution >= 4 is 11.9 Å². The normalized spacial score (nSPS) is 39.8. The van der Waals surface area contributed by atoms with Crippen LogP contribution < -0.4 is 22.5 Å². The highest BCUT2D eigenvalue weighted by atomic mass is 19.1. The Balaban J connectivity index is 0.000000183. The number of aliphatic hydroxyl groups is 7. The average Bonchev–Trinajstić information content (AvgIpc) is 1.17. The molecule has 11 aliphatic heterocycles. The Kier molecular flexibility index (Phi) is 32.8. The standard InChI is InChI=1S/C20H22N2O6.C15H24O5.C13H18N2O6.C13H22O4.C12H20O6.C11H20O4.CH3F/c1-3-20-11-26-18(13-7-5-4-6-8-13)27-16(20)12(2)15(24)17(28-20)22-10-9-14(23)21-19(22)25;1-7-15(8-2)10(4)9(3)13(18-11(5)16)14(20-15)19-12(6)17;1-3-13(6-16)10(19)7(2)9(18)11(21-13)15-5-4-8(17)14-12(15)20;1-6-13(14,7-2)10-8(3)9-11(15-10)17-12(4,5)16-9;1-11(2)14-5-6(16-11)8-7(13)9-10(15-8)18-12(3,4)17-9;1-5-7(12)8-6(2)9-10(13-8)15-11(3,4)14-9;1-2/h3-10,12,15-18,24H,1,11H2,2H3,(H,21,23,25);7,9-10,13-14H,1,8H2,2-6H3;3-5,7,9-11,16,18-19H,1,6H2,2H3,(H,14,17,20);6,8-11,14H,1,7H2,2-5H3;6-10,13H,5H2,1-4H3;6-10,12H,5H2,1-4H3;1H3/t12-,15-,16+,17-,18-,20-;9-,10-,13+,14+,15+;7-,9-,10+,11-,13-;8-,9-,10-,11-,13-;6-,7-,8-,9+,10+;6-,7-,8+,9+,10+;/m101100./s1/i;;;;;;1D. The highest BCUT2D eigenvalue weighted by Crippen LogP contribution is 2.50. The Morgan fingerprint density at radius 2 is 1.13 bits per heavy atom. The van der Waals surface area contributed by atoms with Crippen LogP contribution in [0.1, 0.15) is 176 Å². The Bertz CT molecular complexity index is 4230. The first-order valence-corrected chi connectivity index (χ1v) is 40.9. The largest absolute Gasteiger partial charge is 0.456 e. The molecule has 0 bridgehead atoms. The van der Waals surface area contributed by atoms with E-state index in [0.717, 1.165) is 20.8 Å². The lowest BCUT2D eigenvalue weighted by molar-refractivity contribution is -0.354. The van der Waals surface area contributed by atoms with E-state index in [2.05, 4.69) is 36.3 Å². The number of rotatable bonds is 16. The van der Waals surface area contributed by atoms with Crippen LogP contribution in [0.4, 0.5) is 4.39 Å². The zero-order chi connectivity index (χ0) is 91.1. The number of ether oxygens (including phenoxy) is 18. The molecule has 0 unspecified atom stereocenters. The van der Waals surface area contributed by atoms with Crippen LogP contribution in [0.5, 0.6) is 0 Å². The fourth-order valence-electron chi connectivity index (χ4n) is 16.8. The minimum atomic E-state index is -1.50. The summed E-state index contributed by atoms with van der Waals surface area (Å²) < 4.78 is 120. The quantitative estimate of drug-likeness (QED) is 0.0591. The summed E-state index contributed by atoms with van der Waals surface area (Å²) in [5, 5.41) is 71.2. The van der Waals surface area contributed by atoms with E-state index < -0.39 is 192 Å². The number of nitrogens with zero attached hydrogens (tertiary/aromatic N) is 2. The minimum Gasteiger partial charge on any atom is -0.456 e. The molecule has 9 N–H and O–H groups in total. The molecule has 11 aliphatic rings. The van der Waals surface area contributed by atoms with Gasteiger partial charge in [0.2, 0.25) is 6.29 Å². The van der Waals surface area contributed by atoms with E-state index in [-0.39, 0.29) is 73.4 Å². The highest BCUT2D eigenvalue weighted by Gasteiger charge is 2.62.